The monoisotopic (exact) mass is 616 g/mol. The van der Waals surface area contributed by atoms with Gasteiger partial charge in [0.15, 0.2) is 5.92 Å². The van der Waals surface area contributed by atoms with Crippen LogP contribution in [0.4, 0.5) is 0 Å². The second-order valence-electron chi connectivity index (χ2n) is 10.2. The number of carboxylic acids is 3. The predicted octanol–water partition coefficient (Wildman–Crippen LogP) is 1.97. The van der Waals surface area contributed by atoms with Crippen molar-refractivity contribution in [1.82, 2.24) is 19.8 Å². The van der Waals surface area contributed by atoms with Crippen molar-refractivity contribution in [3.05, 3.63) is 62.2 Å². The molecule has 3 aromatic rings. The van der Waals surface area contributed by atoms with Crippen LogP contribution in [0.1, 0.15) is 48.3 Å². The van der Waals surface area contributed by atoms with E-state index in [1.807, 2.05) is 13.8 Å². The van der Waals surface area contributed by atoms with Crippen LogP contribution in [-0.4, -0.2) is 81.7 Å². The van der Waals surface area contributed by atoms with E-state index in [9.17, 15) is 39.0 Å². The van der Waals surface area contributed by atoms with E-state index in [0.29, 0.717) is 23.1 Å². The van der Waals surface area contributed by atoms with Gasteiger partial charge in [0.25, 0.3) is 0 Å². The van der Waals surface area contributed by atoms with Crippen LogP contribution in [0.25, 0.3) is 11.0 Å². The highest BCUT2D eigenvalue weighted by atomic mass is 32.2. The number of carboxylic acid groups (broad SMARTS) is 3. The minimum absolute atomic E-state index is 0.218. The highest BCUT2D eigenvalue weighted by Crippen LogP contribution is 2.50. The second kappa shape index (κ2) is 11.6. The number of fused-ring (bicyclic) bond motifs is 2. The summed E-state index contributed by atoms with van der Waals surface area (Å²) in [6.07, 6.45) is 1.35. The topological polar surface area (TPSA) is 196 Å². The first-order valence-corrected chi connectivity index (χ1v) is 14.5. The van der Waals surface area contributed by atoms with Gasteiger partial charge in [-0.1, -0.05) is 0 Å². The number of hydrogen-bond acceptors (Lipinski definition) is 9. The maximum Gasteiger partial charge on any atom is 0.341 e. The Hall–Kier alpha value is -4.24. The molecule has 2 fully saturated rings. The average Bonchev–Trinajstić information content (AvgIpc) is 3.52. The Morgan fingerprint density at radius 3 is 2.36 bits per heavy atom. The quantitative estimate of drug-likeness (QED) is 0.224. The van der Waals surface area contributed by atoms with Crippen LogP contribution in [0, 0.1) is 6.92 Å². The van der Waals surface area contributed by atoms with Gasteiger partial charge >= 0.3 is 17.9 Å². The number of aromatic carboxylic acids is 1. The molecule has 0 unspecified atom stereocenters. The molecular formula is C27H28N4O9S2. The van der Waals surface area contributed by atoms with Gasteiger partial charge in [-0.2, -0.15) is 11.3 Å². The van der Waals surface area contributed by atoms with Crippen molar-refractivity contribution in [3.63, 3.8) is 0 Å². The predicted molar refractivity (Wildman–Crippen MR) is 154 cm³/mol. The molecule has 2 aliphatic heterocycles. The number of aliphatic carboxylic acids is 2. The SMILES string of the molecule is CC1(C)S[C@@H]2[C@H](NC(=O)[C@H](C(=O)O)c3ccsc3)C(=O)N2[C@H]1C(=O)O.CCn1cc(C(=O)O)c(=O)c2ccc(C)nc21. The number of hydrogen-bond donors (Lipinski definition) is 4. The van der Waals surface area contributed by atoms with E-state index in [4.69, 9.17) is 5.11 Å². The van der Waals surface area contributed by atoms with Crippen LogP contribution >= 0.6 is 23.1 Å². The standard InChI is InChI=1S/C15H16N2O6S2.C12H12N2O3/c1-15(2)9(14(22)23)17-11(19)8(12(17)25-15)16-10(18)7(13(20)21)6-3-4-24-5-6;1-3-14-6-9(12(16)17)10(15)8-5-4-7(2)13-11(8)14/h3-5,7-9,12H,1-2H3,(H,16,18)(H,20,21)(H,22,23);4-6H,3H2,1-2H3,(H,16,17)/t7-,8-,9+,12-;/m1./s1. The van der Waals surface area contributed by atoms with E-state index < -0.39 is 63.3 Å². The number of nitrogens with zero attached hydrogens (tertiary/aromatic N) is 3. The molecule has 5 heterocycles. The van der Waals surface area contributed by atoms with Gasteiger partial charge in [-0.05, 0) is 62.2 Å². The van der Waals surface area contributed by atoms with E-state index in [1.165, 1.54) is 34.2 Å². The van der Waals surface area contributed by atoms with Crippen LogP contribution in [0.15, 0.2) is 40.0 Å². The van der Waals surface area contributed by atoms with Crippen molar-refractivity contribution >= 4 is 63.9 Å². The van der Waals surface area contributed by atoms with Gasteiger partial charge in [-0.15, -0.1) is 11.8 Å². The van der Waals surface area contributed by atoms with Gasteiger partial charge in [0.05, 0.1) is 5.39 Å². The fourth-order valence-corrected chi connectivity index (χ4v) is 7.29. The molecule has 15 heteroatoms. The Balaban J connectivity index is 0.000000208. The summed E-state index contributed by atoms with van der Waals surface area (Å²) < 4.78 is 0.971. The van der Waals surface area contributed by atoms with Gasteiger partial charge in [0.2, 0.25) is 17.2 Å². The molecule has 0 saturated carbocycles. The van der Waals surface area contributed by atoms with Crippen molar-refractivity contribution < 1.29 is 39.3 Å². The zero-order chi connectivity index (χ0) is 31.1. The Morgan fingerprint density at radius 2 is 1.81 bits per heavy atom. The van der Waals surface area contributed by atoms with Crippen LogP contribution in [0.5, 0.6) is 0 Å². The Morgan fingerprint density at radius 1 is 1.12 bits per heavy atom. The first-order chi connectivity index (χ1) is 19.7. The van der Waals surface area contributed by atoms with Crippen LogP contribution in [0.3, 0.4) is 0 Å². The summed E-state index contributed by atoms with van der Waals surface area (Å²) in [5.74, 6) is -6.29. The minimum atomic E-state index is -1.40. The van der Waals surface area contributed by atoms with Crippen molar-refractivity contribution in [2.45, 2.75) is 62.4 Å². The van der Waals surface area contributed by atoms with E-state index in [-0.39, 0.29) is 5.56 Å². The molecule has 3 aromatic heterocycles. The number of aryl methyl sites for hydroxylation is 2. The van der Waals surface area contributed by atoms with Crippen molar-refractivity contribution in [2.24, 2.45) is 0 Å². The third-order valence-corrected chi connectivity index (χ3v) is 9.26. The molecule has 2 saturated heterocycles. The smallest absolute Gasteiger partial charge is 0.341 e. The molecule has 42 heavy (non-hydrogen) atoms. The van der Waals surface area contributed by atoms with E-state index >= 15 is 0 Å². The summed E-state index contributed by atoms with van der Waals surface area (Å²) in [7, 11) is 0. The molecule has 0 spiro atoms. The Labute approximate surface area is 247 Å². The van der Waals surface area contributed by atoms with Gasteiger partial charge < -0.3 is 30.1 Å². The third kappa shape index (κ3) is 5.48. The van der Waals surface area contributed by atoms with Crippen LogP contribution in [0.2, 0.25) is 0 Å². The molecule has 0 aromatic carbocycles. The minimum Gasteiger partial charge on any atom is -0.480 e. The second-order valence-corrected chi connectivity index (χ2v) is 12.8. The van der Waals surface area contributed by atoms with Gasteiger partial charge in [0, 0.05) is 23.2 Å². The van der Waals surface area contributed by atoms with E-state index in [2.05, 4.69) is 10.3 Å². The Bertz CT molecular complexity index is 1650. The van der Waals surface area contributed by atoms with Gasteiger partial charge in [-0.3, -0.25) is 19.2 Å². The highest BCUT2D eigenvalue weighted by Gasteiger charge is 2.64. The maximum absolute atomic E-state index is 12.4. The van der Waals surface area contributed by atoms with Gasteiger partial charge in [-0.25, -0.2) is 14.6 Å². The lowest BCUT2D eigenvalue weighted by Gasteiger charge is -2.43. The summed E-state index contributed by atoms with van der Waals surface area (Å²) in [6.45, 7) is 7.72. The lowest BCUT2D eigenvalue weighted by molar-refractivity contribution is -0.161. The maximum atomic E-state index is 12.4. The molecule has 2 amide bonds. The van der Waals surface area contributed by atoms with Crippen molar-refractivity contribution in [1.29, 1.82) is 0 Å². The zero-order valence-corrected chi connectivity index (χ0v) is 24.6. The number of carbonyl (C=O) groups excluding carboxylic acids is 2. The molecule has 4 atom stereocenters. The average molecular weight is 617 g/mol. The summed E-state index contributed by atoms with van der Waals surface area (Å²) in [5, 5.41) is 33.2. The molecule has 222 valence electrons. The number of aromatic nitrogens is 2. The number of amides is 2. The first-order valence-electron chi connectivity index (χ1n) is 12.7. The Kier molecular flexibility index (Phi) is 8.46. The van der Waals surface area contributed by atoms with Crippen LogP contribution in [-0.2, 0) is 25.7 Å². The highest BCUT2D eigenvalue weighted by molar-refractivity contribution is 8.01. The van der Waals surface area contributed by atoms with Crippen LogP contribution < -0.4 is 10.7 Å². The number of thiophene rings is 1. The number of nitrogens with one attached hydrogen (secondary N) is 1. The molecule has 5 rings (SSSR count). The molecule has 4 N–H and O–H groups in total. The molecule has 0 bridgehead atoms. The van der Waals surface area contributed by atoms with Crippen molar-refractivity contribution in [3.8, 4) is 0 Å². The fraction of sp³-hybridized carbons (Fsp3) is 0.370. The summed E-state index contributed by atoms with van der Waals surface area (Å²) in [5.41, 5.74) is 0.973. The zero-order valence-electron chi connectivity index (χ0n) is 22.9. The number of carbonyl (C=O) groups is 5. The van der Waals surface area contributed by atoms with Gasteiger partial charge in [0.1, 0.15) is 28.7 Å². The molecule has 0 radical (unpaired) electrons. The normalized spacial score (nSPS) is 21.0. The lowest BCUT2D eigenvalue weighted by Crippen LogP contribution is -2.71. The molecule has 2 aliphatic rings. The third-order valence-electron chi connectivity index (χ3n) is 6.99. The number of pyridine rings is 2. The summed E-state index contributed by atoms with van der Waals surface area (Å²) in [6, 6.07) is 2.98. The molecule has 0 aliphatic carbocycles. The largest absolute Gasteiger partial charge is 0.480 e. The van der Waals surface area contributed by atoms with E-state index in [1.54, 1.807) is 47.4 Å². The summed E-state index contributed by atoms with van der Waals surface area (Å²) >= 11 is 2.56. The first kappa shape index (κ1) is 30.7. The number of β-lactam (4-membered cyclic amide) rings is 1. The molecule has 13 nitrogen and oxygen atoms in total. The van der Waals surface area contributed by atoms with Crippen molar-refractivity contribution in [2.75, 3.05) is 0 Å². The summed E-state index contributed by atoms with van der Waals surface area (Å²) in [4.78, 5) is 76.1. The van der Waals surface area contributed by atoms with E-state index in [0.717, 1.165) is 5.69 Å². The number of thioether (sulfide) groups is 1. The fourth-order valence-electron chi connectivity index (χ4n) is 4.98. The number of rotatable bonds is 7. The lowest BCUT2D eigenvalue weighted by atomic mass is 9.95. The molecular weight excluding hydrogens is 588 g/mol.